The maximum absolute atomic E-state index is 14.2. The van der Waals surface area contributed by atoms with Crippen molar-refractivity contribution in [2.45, 2.75) is 6.54 Å². The summed E-state index contributed by atoms with van der Waals surface area (Å²) in [5.41, 5.74) is 7.78. The predicted octanol–water partition coefficient (Wildman–Crippen LogP) is 2.26. The molecule has 0 saturated heterocycles. The van der Waals surface area contributed by atoms with Gasteiger partial charge in [0.1, 0.15) is 5.52 Å². The summed E-state index contributed by atoms with van der Waals surface area (Å²) in [5, 5.41) is 7.37. The van der Waals surface area contributed by atoms with Gasteiger partial charge in [-0.15, -0.1) is 0 Å². The molecule has 0 bridgehead atoms. The molecule has 126 valence electrons. The molecule has 3 heterocycles. The molecule has 8 nitrogen and oxygen atoms in total. The Morgan fingerprint density at radius 2 is 2.16 bits per heavy atom. The highest BCUT2D eigenvalue weighted by Gasteiger charge is 2.21. The van der Waals surface area contributed by atoms with E-state index < -0.39 is 5.82 Å². The number of para-hydroxylation sites is 1. The fourth-order valence-electron chi connectivity index (χ4n) is 2.65. The molecule has 0 spiro atoms. The number of benzene rings is 1. The number of aromatic nitrogens is 5. The number of hydrogen-bond donors (Lipinski definition) is 1. The number of hydrogen-bond acceptors (Lipinski definition) is 7. The van der Waals surface area contributed by atoms with E-state index in [4.69, 9.17) is 10.5 Å². The average Bonchev–Trinajstić information content (AvgIpc) is 3.20. The van der Waals surface area contributed by atoms with Crippen molar-refractivity contribution in [3.05, 3.63) is 47.9 Å². The zero-order valence-electron chi connectivity index (χ0n) is 13.2. The van der Waals surface area contributed by atoms with Crippen LogP contribution in [0.1, 0.15) is 5.56 Å². The summed E-state index contributed by atoms with van der Waals surface area (Å²) in [6.07, 6.45) is 1.64. The van der Waals surface area contributed by atoms with Crippen LogP contribution >= 0.6 is 0 Å². The van der Waals surface area contributed by atoms with Gasteiger partial charge in [0.15, 0.2) is 23.2 Å². The third kappa shape index (κ3) is 2.55. The maximum atomic E-state index is 14.2. The second-order valence-electron chi connectivity index (χ2n) is 5.33. The molecule has 0 aliphatic rings. The topological polar surface area (TPSA) is 105 Å². The molecular formula is C16H13FN6O2. The smallest absolute Gasteiger partial charge is 0.213 e. The Labute approximate surface area is 141 Å². The van der Waals surface area contributed by atoms with Gasteiger partial charge in [-0.1, -0.05) is 6.07 Å². The van der Waals surface area contributed by atoms with Crippen LogP contribution in [0.5, 0.6) is 5.88 Å². The standard InChI is InChI=1S/C16H13FN6O2/c1-24-12-7-9(5-6-19-12)8-23-11-4-2-3-10(17)13(11)20-16(23)14-15(18)22-25-21-14/h2-7H,8H2,1H3,(H2,18,22). The van der Waals surface area contributed by atoms with Crippen molar-refractivity contribution in [1.29, 1.82) is 0 Å². The van der Waals surface area contributed by atoms with Gasteiger partial charge < -0.3 is 15.0 Å². The van der Waals surface area contributed by atoms with E-state index in [1.807, 2.05) is 6.07 Å². The lowest BCUT2D eigenvalue weighted by atomic mass is 10.2. The van der Waals surface area contributed by atoms with Gasteiger partial charge in [-0.25, -0.2) is 19.0 Å². The summed E-state index contributed by atoms with van der Waals surface area (Å²) in [6.45, 7) is 0.389. The van der Waals surface area contributed by atoms with E-state index in [1.54, 1.807) is 36.1 Å². The SMILES string of the molecule is COc1cc(Cn2c(-c3nonc3N)nc3c(F)cccc32)ccn1. The Bertz CT molecular complexity index is 1060. The molecular weight excluding hydrogens is 327 g/mol. The zero-order chi connectivity index (χ0) is 17.4. The summed E-state index contributed by atoms with van der Waals surface area (Å²) in [6, 6.07) is 8.37. The van der Waals surface area contributed by atoms with Gasteiger partial charge in [0.05, 0.1) is 12.6 Å². The first kappa shape index (κ1) is 15.1. The van der Waals surface area contributed by atoms with Crippen molar-refractivity contribution in [2.24, 2.45) is 0 Å². The Morgan fingerprint density at radius 3 is 2.92 bits per heavy atom. The van der Waals surface area contributed by atoms with Crippen LogP contribution in [0, 0.1) is 5.82 Å². The highest BCUT2D eigenvalue weighted by Crippen LogP contribution is 2.29. The van der Waals surface area contributed by atoms with Gasteiger partial charge in [-0.2, -0.15) is 0 Å². The zero-order valence-corrected chi connectivity index (χ0v) is 13.2. The molecule has 4 aromatic rings. The predicted molar refractivity (Wildman–Crippen MR) is 87.3 cm³/mol. The molecule has 25 heavy (non-hydrogen) atoms. The first-order valence-electron chi connectivity index (χ1n) is 7.39. The van der Waals surface area contributed by atoms with Crippen molar-refractivity contribution in [1.82, 2.24) is 24.8 Å². The molecule has 0 unspecified atom stereocenters. The molecule has 0 aliphatic heterocycles. The third-order valence-corrected chi connectivity index (χ3v) is 3.80. The Hall–Kier alpha value is -3.49. The molecule has 0 amide bonds. The molecule has 0 radical (unpaired) electrons. The van der Waals surface area contributed by atoms with Gasteiger partial charge in [-0.3, -0.25) is 0 Å². The van der Waals surface area contributed by atoms with Gasteiger partial charge in [0.2, 0.25) is 5.88 Å². The van der Waals surface area contributed by atoms with Crippen molar-refractivity contribution in [3.63, 3.8) is 0 Å². The lowest BCUT2D eigenvalue weighted by Gasteiger charge is -2.09. The number of fused-ring (bicyclic) bond motifs is 1. The highest BCUT2D eigenvalue weighted by molar-refractivity contribution is 5.82. The Morgan fingerprint density at radius 1 is 1.28 bits per heavy atom. The quantitative estimate of drug-likeness (QED) is 0.607. The van der Waals surface area contributed by atoms with Crippen LogP contribution < -0.4 is 10.5 Å². The van der Waals surface area contributed by atoms with Crippen LogP contribution in [0.3, 0.4) is 0 Å². The number of rotatable bonds is 4. The van der Waals surface area contributed by atoms with Crippen LogP contribution in [0.15, 0.2) is 41.2 Å². The van der Waals surface area contributed by atoms with Gasteiger partial charge in [0.25, 0.3) is 0 Å². The summed E-state index contributed by atoms with van der Waals surface area (Å²) in [4.78, 5) is 8.44. The minimum absolute atomic E-state index is 0.0873. The molecule has 9 heteroatoms. The van der Waals surface area contributed by atoms with Crippen LogP contribution in [0.2, 0.25) is 0 Å². The fraction of sp³-hybridized carbons (Fsp3) is 0.125. The Kier molecular flexibility index (Phi) is 3.53. The van der Waals surface area contributed by atoms with Crippen molar-refractivity contribution in [2.75, 3.05) is 12.8 Å². The van der Waals surface area contributed by atoms with E-state index in [-0.39, 0.29) is 17.0 Å². The van der Waals surface area contributed by atoms with Crippen LogP contribution in [-0.2, 0) is 6.54 Å². The highest BCUT2D eigenvalue weighted by atomic mass is 19.1. The van der Waals surface area contributed by atoms with Crippen molar-refractivity contribution >= 4 is 16.9 Å². The van der Waals surface area contributed by atoms with E-state index >= 15 is 0 Å². The fourth-order valence-corrected chi connectivity index (χ4v) is 2.65. The number of anilines is 1. The van der Waals surface area contributed by atoms with E-state index in [2.05, 4.69) is 24.9 Å². The molecule has 3 aromatic heterocycles. The lowest BCUT2D eigenvalue weighted by molar-refractivity contribution is 0.310. The third-order valence-electron chi connectivity index (χ3n) is 3.80. The number of imidazole rings is 1. The first-order chi connectivity index (χ1) is 12.2. The molecule has 0 atom stereocenters. The van der Waals surface area contributed by atoms with E-state index in [9.17, 15) is 4.39 Å². The number of nitrogens with zero attached hydrogens (tertiary/aromatic N) is 5. The monoisotopic (exact) mass is 340 g/mol. The van der Waals surface area contributed by atoms with Gasteiger partial charge >= 0.3 is 0 Å². The normalized spacial score (nSPS) is 11.1. The lowest BCUT2D eigenvalue weighted by Crippen LogP contribution is -2.04. The van der Waals surface area contributed by atoms with E-state index in [0.717, 1.165) is 5.56 Å². The first-order valence-corrected chi connectivity index (χ1v) is 7.39. The van der Waals surface area contributed by atoms with Crippen molar-refractivity contribution in [3.8, 4) is 17.4 Å². The number of pyridine rings is 1. The summed E-state index contributed by atoms with van der Waals surface area (Å²) in [5.74, 6) is 0.510. The Balaban J connectivity index is 1.91. The molecule has 0 fully saturated rings. The molecule has 4 rings (SSSR count). The molecule has 0 saturated carbocycles. The molecule has 1 aromatic carbocycles. The number of ether oxygens (including phenoxy) is 1. The van der Waals surface area contributed by atoms with E-state index in [1.165, 1.54) is 6.07 Å². The van der Waals surface area contributed by atoms with E-state index in [0.29, 0.717) is 23.8 Å². The minimum Gasteiger partial charge on any atom is -0.481 e. The maximum Gasteiger partial charge on any atom is 0.213 e. The number of halogens is 1. The summed E-state index contributed by atoms with van der Waals surface area (Å²) in [7, 11) is 1.54. The second kappa shape index (κ2) is 5.86. The van der Waals surface area contributed by atoms with Gasteiger partial charge in [0, 0.05) is 18.8 Å². The summed E-state index contributed by atoms with van der Waals surface area (Å²) < 4.78 is 25.8. The van der Waals surface area contributed by atoms with Crippen LogP contribution in [0.4, 0.5) is 10.2 Å². The largest absolute Gasteiger partial charge is 0.481 e. The minimum atomic E-state index is -0.431. The number of nitrogen functional groups attached to an aromatic ring is 1. The number of nitrogens with two attached hydrogens (primary N) is 1. The second-order valence-corrected chi connectivity index (χ2v) is 5.33. The summed E-state index contributed by atoms with van der Waals surface area (Å²) >= 11 is 0. The van der Waals surface area contributed by atoms with Crippen LogP contribution in [0.25, 0.3) is 22.6 Å². The molecule has 2 N–H and O–H groups in total. The van der Waals surface area contributed by atoms with Crippen LogP contribution in [-0.4, -0.2) is 32.0 Å². The molecule has 0 aliphatic carbocycles. The van der Waals surface area contributed by atoms with Gasteiger partial charge in [-0.05, 0) is 34.1 Å². The van der Waals surface area contributed by atoms with Crippen molar-refractivity contribution < 1.29 is 13.8 Å². The number of methoxy groups -OCH3 is 1. The average molecular weight is 340 g/mol.